The summed E-state index contributed by atoms with van der Waals surface area (Å²) >= 11 is 0. The highest BCUT2D eigenvalue weighted by molar-refractivity contribution is 14.0. The SMILES string of the molecule is Cc1ccc(C(C)(O)CN=C(NCCc2ccco2)NC2CCCC2)o1.I. The Hall–Kier alpha value is -1.48. The van der Waals surface area contributed by atoms with Gasteiger partial charge in [-0.25, -0.2) is 4.99 Å². The van der Waals surface area contributed by atoms with Gasteiger partial charge < -0.3 is 24.6 Å². The Morgan fingerprint density at radius 3 is 2.70 bits per heavy atom. The van der Waals surface area contributed by atoms with Crippen molar-refractivity contribution in [2.75, 3.05) is 13.1 Å². The van der Waals surface area contributed by atoms with E-state index in [1.54, 1.807) is 19.3 Å². The van der Waals surface area contributed by atoms with E-state index in [4.69, 9.17) is 8.83 Å². The third kappa shape index (κ3) is 6.57. The van der Waals surface area contributed by atoms with Crippen LogP contribution in [0.4, 0.5) is 0 Å². The molecule has 0 aromatic carbocycles. The Morgan fingerprint density at radius 2 is 2.07 bits per heavy atom. The number of halogens is 1. The quantitative estimate of drug-likeness (QED) is 0.315. The lowest BCUT2D eigenvalue weighted by Crippen LogP contribution is -2.44. The highest BCUT2D eigenvalue weighted by atomic mass is 127. The zero-order valence-corrected chi connectivity index (χ0v) is 18.4. The molecule has 0 spiro atoms. The maximum Gasteiger partial charge on any atom is 0.191 e. The van der Waals surface area contributed by atoms with E-state index >= 15 is 0 Å². The molecule has 2 aromatic rings. The molecule has 2 heterocycles. The van der Waals surface area contributed by atoms with E-state index in [-0.39, 0.29) is 30.5 Å². The van der Waals surface area contributed by atoms with Crippen LogP contribution in [-0.4, -0.2) is 30.2 Å². The molecule has 1 fully saturated rings. The molecule has 0 saturated heterocycles. The number of nitrogens with zero attached hydrogens (tertiary/aromatic N) is 1. The summed E-state index contributed by atoms with van der Waals surface area (Å²) in [5.74, 6) is 2.99. The Bertz CT molecular complexity index is 704. The van der Waals surface area contributed by atoms with Crippen molar-refractivity contribution >= 4 is 29.9 Å². The Kier molecular flexibility index (Phi) is 8.22. The predicted molar refractivity (Wildman–Crippen MR) is 117 cm³/mol. The van der Waals surface area contributed by atoms with Gasteiger partial charge in [-0.2, -0.15) is 0 Å². The smallest absolute Gasteiger partial charge is 0.191 e. The van der Waals surface area contributed by atoms with Crippen LogP contribution in [0.3, 0.4) is 0 Å². The summed E-state index contributed by atoms with van der Waals surface area (Å²) in [6, 6.07) is 7.96. The fourth-order valence-corrected chi connectivity index (χ4v) is 3.21. The minimum absolute atomic E-state index is 0. The van der Waals surface area contributed by atoms with Gasteiger partial charge in [0.05, 0.1) is 12.8 Å². The molecule has 6 nitrogen and oxygen atoms in total. The van der Waals surface area contributed by atoms with Crippen LogP contribution in [0.15, 0.2) is 44.4 Å². The van der Waals surface area contributed by atoms with Crippen molar-refractivity contribution in [1.82, 2.24) is 10.6 Å². The van der Waals surface area contributed by atoms with Gasteiger partial charge in [-0.05, 0) is 51.0 Å². The summed E-state index contributed by atoms with van der Waals surface area (Å²) in [6.45, 7) is 4.54. The zero-order valence-electron chi connectivity index (χ0n) is 16.0. The molecule has 3 rings (SSSR count). The lowest BCUT2D eigenvalue weighted by Gasteiger charge is -2.21. The minimum atomic E-state index is -1.14. The average Bonchev–Trinajstić information content (AvgIpc) is 3.35. The molecule has 150 valence electrons. The molecule has 0 radical (unpaired) electrons. The number of hydrogen-bond donors (Lipinski definition) is 3. The third-order valence-electron chi connectivity index (χ3n) is 4.76. The molecule has 1 saturated carbocycles. The fourth-order valence-electron chi connectivity index (χ4n) is 3.21. The van der Waals surface area contributed by atoms with Crippen LogP contribution in [0.25, 0.3) is 0 Å². The van der Waals surface area contributed by atoms with Crippen LogP contribution in [0, 0.1) is 6.92 Å². The molecule has 1 aliphatic rings. The molecule has 2 aromatic heterocycles. The molecule has 0 aliphatic heterocycles. The summed E-state index contributed by atoms with van der Waals surface area (Å²) in [5.41, 5.74) is -1.14. The Morgan fingerprint density at radius 1 is 1.30 bits per heavy atom. The van der Waals surface area contributed by atoms with Gasteiger partial charge in [0, 0.05) is 19.0 Å². The van der Waals surface area contributed by atoms with Crippen molar-refractivity contribution < 1.29 is 13.9 Å². The van der Waals surface area contributed by atoms with E-state index in [9.17, 15) is 5.11 Å². The van der Waals surface area contributed by atoms with Crippen molar-refractivity contribution in [2.45, 2.75) is 57.6 Å². The van der Waals surface area contributed by atoms with E-state index in [1.807, 2.05) is 25.1 Å². The van der Waals surface area contributed by atoms with Gasteiger partial charge in [-0.3, -0.25) is 0 Å². The van der Waals surface area contributed by atoms with E-state index in [2.05, 4.69) is 15.6 Å². The van der Waals surface area contributed by atoms with Gasteiger partial charge >= 0.3 is 0 Å². The summed E-state index contributed by atoms with van der Waals surface area (Å²) in [5, 5.41) is 17.6. The summed E-state index contributed by atoms with van der Waals surface area (Å²) in [4.78, 5) is 4.62. The molecule has 0 amide bonds. The maximum absolute atomic E-state index is 10.7. The van der Waals surface area contributed by atoms with Gasteiger partial charge in [0.25, 0.3) is 0 Å². The summed E-state index contributed by atoms with van der Waals surface area (Å²) in [7, 11) is 0. The van der Waals surface area contributed by atoms with Gasteiger partial charge in [0.1, 0.15) is 22.9 Å². The first-order chi connectivity index (χ1) is 12.5. The molecular formula is C20H30IN3O3. The highest BCUT2D eigenvalue weighted by Crippen LogP contribution is 2.23. The van der Waals surface area contributed by atoms with Gasteiger partial charge in [0.15, 0.2) is 5.96 Å². The largest absolute Gasteiger partial charge is 0.469 e. The number of nitrogens with one attached hydrogen (secondary N) is 2. The van der Waals surface area contributed by atoms with Gasteiger partial charge in [-0.1, -0.05) is 12.8 Å². The molecule has 1 aliphatic carbocycles. The first kappa shape index (κ1) is 21.8. The van der Waals surface area contributed by atoms with E-state index in [0.717, 1.165) is 36.7 Å². The second-order valence-electron chi connectivity index (χ2n) is 7.23. The van der Waals surface area contributed by atoms with Gasteiger partial charge in [-0.15, -0.1) is 24.0 Å². The molecule has 3 N–H and O–H groups in total. The molecule has 0 bridgehead atoms. The normalized spacial score (nSPS) is 17.4. The summed E-state index contributed by atoms with van der Waals surface area (Å²) in [6.07, 6.45) is 7.29. The van der Waals surface area contributed by atoms with Crippen molar-refractivity contribution in [3.63, 3.8) is 0 Å². The molecular weight excluding hydrogens is 457 g/mol. The van der Waals surface area contributed by atoms with Crippen LogP contribution >= 0.6 is 24.0 Å². The maximum atomic E-state index is 10.7. The standard InChI is InChI=1S/C20H29N3O3.HI/c1-15-9-10-18(26-15)20(2,24)14-22-19(23-16-6-3-4-7-16)21-12-11-17-8-5-13-25-17;/h5,8-10,13,16,24H,3-4,6-7,11-12,14H2,1-2H3,(H2,21,22,23);1H. The van der Waals surface area contributed by atoms with Crippen molar-refractivity contribution in [3.8, 4) is 0 Å². The minimum Gasteiger partial charge on any atom is -0.469 e. The molecule has 1 atom stereocenters. The number of aliphatic imine (C=N–C) groups is 1. The van der Waals surface area contributed by atoms with Crippen LogP contribution in [0.2, 0.25) is 0 Å². The fraction of sp³-hybridized carbons (Fsp3) is 0.550. The molecule has 7 heteroatoms. The van der Waals surface area contributed by atoms with Crippen molar-refractivity contribution in [3.05, 3.63) is 47.8 Å². The van der Waals surface area contributed by atoms with Crippen LogP contribution in [-0.2, 0) is 12.0 Å². The van der Waals surface area contributed by atoms with Crippen LogP contribution in [0.5, 0.6) is 0 Å². The average molecular weight is 487 g/mol. The number of guanidine groups is 1. The third-order valence-corrected chi connectivity index (χ3v) is 4.76. The topological polar surface area (TPSA) is 82.9 Å². The van der Waals surface area contributed by atoms with E-state index < -0.39 is 5.60 Å². The molecule has 27 heavy (non-hydrogen) atoms. The monoisotopic (exact) mass is 487 g/mol. The summed E-state index contributed by atoms with van der Waals surface area (Å²) < 4.78 is 10.9. The lowest BCUT2D eigenvalue weighted by molar-refractivity contribution is 0.0428. The highest BCUT2D eigenvalue weighted by Gasteiger charge is 2.27. The number of aryl methyl sites for hydroxylation is 1. The van der Waals surface area contributed by atoms with Crippen LogP contribution in [0.1, 0.15) is 49.9 Å². The Balaban J connectivity index is 0.00000261. The number of hydrogen-bond acceptors (Lipinski definition) is 4. The van der Waals surface area contributed by atoms with E-state index in [0.29, 0.717) is 18.3 Å². The number of rotatable bonds is 7. The first-order valence-electron chi connectivity index (χ1n) is 9.39. The number of aliphatic hydroxyl groups is 1. The van der Waals surface area contributed by atoms with Gasteiger partial charge in [0.2, 0.25) is 0 Å². The van der Waals surface area contributed by atoms with Crippen LogP contribution < -0.4 is 10.6 Å². The number of furan rings is 2. The first-order valence-corrected chi connectivity index (χ1v) is 9.39. The van der Waals surface area contributed by atoms with Crippen molar-refractivity contribution in [2.24, 2.45) is 4.99 Å². The van der Waals surface area contributed by atoms with E-state index in [1.165, 1.54) is 12.8 Å². The lowest BCUT2D eigenvalue weighted by atomic mass is 10.0. The second kappa shape index (κ2) is 10.2. The second-order valence-corrected chi connectivity index (χ2v) is 7.23. The molecule has 1 unspecified atom stereocenters. The predicted octanol–water partition coefficient (Wildman–Crippen LogP) is 3.73. The zero-order chi connectivity index (χ0) is 18.4. The Labute approximate surface area is 177 Å². The van der Waals surface area contributed by atoms with Crippen molar-refractivity contribution in [1.29, 1.82) is 0 Å².